The lowest BCUT2D eigenvalue weighted by Gasteiger charge is -2.53. The third-order valence-corrected chi connectivity index (χ3v) is 14.4. The zero-order valence-electron chi connectivity index (χ0n) is 43.9. The van der Waals surface area contributed by atoms with Crippen LogP contribution in [0.15, 0.2) is 0 Å². The molecule has 1 amide bonds. The van der Waals surface area contributed by atoms with E-state index in [2.05, 4.69) is 5.32 Å². The van der Waals surface area contributed by atoms with E-state index in [4.69, 9.17) is 61.6 Å². The maximum atomic E-state index is 12.4. The maximum Gasteiger partial charge on any atom is 0.332 e. The summed E-state index contributed by atoms with van der Waals surface area (Å²) in [5.41, 5.74) is -0.960. The zero-order valence-corrected chi connectivity index (χ0v) is 43.9. The van der Waals surface area contributed by atoms with Gasteiger partial charge in [-0.1, -0.05) is 6.92 Å². The summed E-state index contributed by atoms with van der Waals surface area (Å²) in [7, 11) is 0. The number of hydrogen-bond donors (Lipinski definition) is 18. The lowest BCUT2D eigenvalue weighted by Crippen LogP contribution is -2.70. The van der Waals surface area contributed by atoms with E-state index in [1.54, 1.807) is 20.8 Å². The summed E-state index contributed by atoms with van der Waals surface area (Å²) in [6.07, 6.45) is -53.5. The van der Waals surface area contributed by atoms with Crippen LogP contribution in [0.2, 0.25) is 0 Å². The van der Waals surface area contributed by atoms with Gasteiger partial charge in [-0.15, -0.1) is 0 Å². The van der Waals surface area contributed by atoms with Gasteiger partial charge in [0.25, 0.3) is 6.47 Å². The quantitative estimate of drug-likeness (QED) is 0.0375. The van der Waals surface area contributed by atoms with E-state index in [0.717, 1.165) is 6.92 Å². The molecule has 6 rings (SSSR count). The molecule has 0 bridgehead atoms. The van der Waals surface area contributed by atoms with E-state index in [0.29, 0.717) is 0 Å². The van der Waals surface area contributed by atoms with Gasteiger partial charge in [0.05, 0.1) is 69.4 Å². The van der Waals surface area contributed by atoms with Crippen molar-refractivity contribution in [3.63, 3.8) is 0 Å². The van der Waals surface area contributed by atoms with Crippen molar-refractivity contribution in [3.8, 4) is 0 Å². The number of aliphatic hydroxyl groups excluding tert-OH is 17. The first-order valence-electron chi connectivity index (χ1n) is 25.6. The van der Waals surface area contributed by atoms with Gasteiger partial charge in [0.2, 0.25) is 5.91 Å². The van der Waals surface area contributed by atoms with Gasteiger partial charge in [-0.2, -0.15) is 0 Å². The highest BCUT2D eigenvalue weighted by Crippen LogP contribution is 2.42. The van der Waals surface area contributed by atoms with Gasteiger partial charge in [-0.3, -0.25) is 9.59 Å². The van der Waals surface area contributed by atoms with Crippen molar-refractivity contribution < 1.29 is 158 Å². The molecule has 0 aromatic heterocycles. The summed E-state index contributed by atoms with van der Waals surface area (Å²) in [5.74, 6) is -5.21. The Morgan fingerprint density at radius 1 is 0.595 bits per heavy atom. The smallest absolute Gasteiger partial charge is 0.332 e. The summed E-state index contributed by atoms with van der Waals surface area (Å²) in [6, 6.07) is -1.64. The predicted octanol–water partition coefficient (Wildman–Crippen LogP) is -10.6. The van der Waals surface area contributed by atoms with Crippen molar-refractivity contribution >= 4 is 12.4 Å². The minimum absolute atomic E-state index is 0.258. The van der Waals surface area contributed by atoms with Crippen LogP contribution in [-0.2, 0) is 71.2 Å². The molecule has 0 radical (unpaired) electrons. The average molecular weight is 1160 g/mol. The van der Waals surface area contributed by atoms with Gasteiger partial charge in [-0.05, 0) is 27.7 Å². The monoisotopic (exact) mass is 1160 g/mol. The second kappa shape index (κ2) is 27.7. The lowest BCUT2D eigenvalue weighted by atomic mass is 9.90. The van der Waals surface area contributed by atoms with Crippen LogP contribution in [0.1, 0.15) is 48.0 Å². The van der Waals surface area contributed by atoms with Gasteiger partial charge >= 0.3 is 5.97 Å². The first kappa shape index (κ1) is 65.9. The van der Waals surface area contributed by atoms with Crippen LogP contribution in [0.25, 0.3) is 0 Å². The van der Waals surface area contributed by atoms with E-state index >= 15 is 0 Å². The van der Waals surface area contributed by atoms with Gasteiger partial charge in [0.1, 0.15) is 122 Å². The lowest BCUT2D eigenvalue weighted by molar-refractivity contribution is -0.453. The standard InChI is InChI=1S/C46H79NO32/c1-14-34(73-44-39(29(62)26(59)19(9-49)70-44)76-41-31(64)28(61)24(57)15(2)68-41)27(60)20(10-50)69-40(14)75-36-22(12-52)71-42(74-35-21(11-51)72-43(32(65)30(35)63)79-45(4,5)6)33(66)38(36)78-46(67-13-53)7-17(55)23(47-16(3)54)37(77-46)25(58)18(56)8-48/h13-15,17-44,48-52,55-66H,7-12H2,1-6H3,(H,47,54)/t14?,15?,17-,18-,19?,20?,21?,22?,23-,24-,25-,26+,27+,28+,29+,30-,31?,32?,33?,34-,35-,36+,37?,38-,39?,40-,41+,42+,43+,44+,46+/m1/s1. The van der Waals surface area contributed by atoms with Crippen molar-refractivity contribution in [3.05, 3.63) is 0 Å². The van der Waals surface area contributed by atoms with Crippen LogP contribution in [0.4, 0.5) is 0 Å². The van der Waals surface area contributed by atoms with Crippen molar-refractivity contribution in [2.24, 2.45) is 5.92 Å². The van der Waals surface area contributed by atoms with Crippen LogP contribution in [0.3, 0.4) is 0 Å². The largest absolute Gasteiger partial charge is 0.410 e. The van der Waals surface area contributed by atoms with E-state index in [1.165, 1.54) is 13.8 Å². The highest BCUT2D eigenvalue weighted by molar-refractivity contribution is 5.73. The molecule has 6 fully saturated rings. The molecule has 11 unspecified atom stereocenters. The second-order valence-corrected chi connectivity index (χ2v) is 21.3. The van der Waals surface area contributed by atoms with Crippen LogP contribution in [0.5, 0.6) is 0 Å². The molecule has 6 aliphatic heterocycles. The Labute approximate surface area is 451 Å². The Bertz CT molecular complexity index is 1910. The van der Waals surface area contributed by atoms with Crippen molar-refractivity contribution in [2.45, 2.75) is 237 Å². The number of carbonyl (C=O) groups is 2. The molecule has 0 saturated carbocycles. The molecule has 0 aromatic rings. The summed E-state index contributed by atoms with van der Waals surface area (Å²) < 4.78 is 76.7. The van der Waals surface area contributed by atoms with Gasteiger partial charge in [0.15, 0.2) is 31.5 Å². The molecule has 6 heterocycles. The summed E-state index contributed by atoms with van der Waals surface area (Å²) in [4.78, 5) is 24.7. The van der Waals surface area contributed by atoms with E-state index < -0.39 is 241 Å². The number of ether oxygens (including phenoxy) is 13. The topological polar surface area (TPSA) is 510 Å². The minimum Gasteiger partial charge on any atom is -0.410 e. The van der Waals surface area contributed by atoms with Crippen LogP contribution in [0, 0.1) is 5.92 Å². The third kappa shape index (κ3) is 14.7. The van der Waals surface area contributed by atoms with Crippen LogP contribution < -0.4 is 5.32 Å². The number of nitrogens with one attached hydrogen (secondary N) is 1. The number of amides is 1. The normalized spacial score (nSPS) is 47.9. The van der Waals surface area contributed by atoms with E-state index in [1.807, 2.05) is 0 Å². The molecule has 6 aliphatic rings. The second-order valence-electron chi connectivity index (χ2n) is 21.3. The summed E-state index contributed by atoms with van der Waals surface area (Å²) in [5, 5.41) is 188. The Balaban J connectivity index is 1.38. The average Bonchev–Trinajstić information content (AvgIpc) is 3.44. The molecular formula is C46H79NO32. The highest BCUT2D eigenvalue weighted by Gasteiger charge is 2.61. The molecular weight excluding hydrogens is 1080 g/mol. The molecule has 0 spiro atoms. The number of hydrogen-bond acceptors (Lipinski definition) is 32. The van der Waals surface area contributed by atoms with E-state index in [-0.39, 0.29) is 6.47 Å². The maximum absolute atomic E-state index is 12.4. The molecule has 6 saturated heterocycles. The molecule has 18 N–H and O–H groups in total. The molecule has 79 heavy (non-hydrogen) atoms. The fourth-order valence-electron chi connectivity index (χ4n) is 10.2. The minimum atomic E-state index is -3.03. The van der Waals surface area contributed by atoms with E-state index in [9.17, 15) is 96.4 Å². The Morgan fingerprint density at radius 2 is 1.10 bits per heavy atom. The number of rotatable bonds is 21. The predicted molar refractivity (Wildman–Crippen MR) is 248 cm³/mol. The third-order valence-electron chi connectivity index (χ3n) is 14.4. The first-order valence-corrected chi connectivity index (χ1v) is 25.6. The Morgan fingerprint density at radius 3 is 1.68 bits per heavy atom. The molecule has 33 heteroatoms. The first-order chi connectivity index (χ1) is 37.1. The molecule has 0 aliphatic carbocycles. The fraction of sp³-hybridized carbons (Fsp3) is 0.957. The molecule has 0 aromatic carbocycles. The van der Waals surface area contributed by atoms with Crippen molar-refractivity contribution in [2.75, 3.05) is 33.0 Å². The fourth-order valence-corrected chi connectivity index (χ4v) is 10.2. The summed E-state index contributed by atoms with van der Waals surface area (Å²) >= 11 is 0. The number of carbonyl (C=O) groups excluding carboxylic acids is 2. The Kier molecular flexibility index (Phi) is 23.1. The van der Waals surface area contributed by atoms with Crippen LogP contribution in [-0.4, -0.2) is 322 Å². The van der Waals surface area contributed by atoms with Crippen molar-refractivity contribution in [1.29, 1.82) is 0 Å². The highest BCUT2D eigenvalue weighted by atomic mass is 16.9. The van der Waals surface area contributed by atoms with Gasteiger partial charge < -0.3 is 154 Å². The van der Waals surface area contributed by atoms with Crippen LogP contribution >= 0.6 is 0 Å². The van der Waals surface area contributed by atoms with Gasteiger partial charge in [-0.25, -0.2) is 0 Å². The summed E-state index contributed by atoms with van der Waals surface area (Å²) in [6.45, 7) is 3.16. The number of aliphatic hydroxyl groups is 17. The Hall–Kier alpha value is -2.22. The molecule has 33 nitrogen and oxygen atoms in total. The van der Waals surface area contributed by atoms with Crippen molar-refractivity contribution in [1.82, 2.24) is 5.32 Å². The van der Waals surface area contributed by atoms with Gasteiger partial charge in [0, 0.05) is 12.8 Å². The molecule has 31 atom stereocenters. The SMILES string of the molecule is CC(=O)N[C@H]1C([C@H](O)[C@H](O)CO)O[C@](OC=O)(O[C@@H]2C(O)[C@H](O[C@@H]3C(CO)O[C@@H](OC(C)(C)C)C(O)[C@H]3O)OC(CO)[C@@H]2O[C@H]2OC(CO)[C@H](O)[C@H](O[C@@H]3OC(CO)[C@H](O)[C@H](O)C3O[C@@H]3OC(C)[C@@H](O)[C@H](O)C3O)C2C)C[C@H]1O. The molecule has 460 valence electrons. The zero-order chi connectivity index (χ0) is 58.7.